The van der Waals surface area contributed by atoms with Gasteiger partial charge in [0.2, 0.25) is 0 Å². The second kappa shape index (κ2) is 6.30. The van der Waals surface area contributed by atoms with E-state index in [0.29, 0.717) is 5.92 Å². The fourth-order valence-corrected chi connectivity index (χ4v) is 2.35. The molecule has 0 heterocycles. The highest BCUT2D eigenvalue weighted by molar-refractivity contribution is 5.27. The van der Waals surface area contributed by atoms with Crippen molar-refractivity contribution in [2.24, 2.45) is 5.92 Å². The van der Waals surface area contributed by atoms with E-state index < -0.39 is 0 Å². The summed E-state index contributed by atoms with van der Waals surface area (Å²) in [5.74, 6) is 0.697. The largest absolute Gasteiger partial charge is 0.294 e. The molecular weight excluding hydrogens is 242 g/mol. The fourth-order valence-electron chi connectivity index (χ4n) is 2.35. The van der Waals surface area contributed by atoms with Crippen LogP contribution >= 0.6 is 0 Å². The van der Waals surface area contributed by atoms with Gasteiger partial charge in [0.15, 0.2) is 0 Å². The van der Waals surface area contributed by atoms with Crippen molar-refractivity contribution in [2.45, 2.75) is 72.9 Å². The van der Waals surface area contributed by atoms with Gasteiger partial charge >= 0.3 is 0 Å². The van der Waals surface area contributed by atoms with Gasteiger partial charge in [0.25, 0.3) is 0 Å². The summed E-state index contributed by atoms with van der Waals surface area (Å²) in [5, 5.41) is 0. The average Bonchev–Trinajstić information content (AvgIpc) is 2.25. The third-order valence-corrected chi connectivity index (χ3v) is 3.73. The molecule has 1 rings (SSSR count). The molecule has 1 heteroatoms. The zero-order valence-electron chi connectivity index (χ0n) is 14.7. The van der Waals surface area contributed by atoms with Gasteiger partial charge in [-0.05, 0) is 43.2 Å². The Kier molecular flexibility index (Phi) is 5.43. The van der Waals surface area contributed by atoms with Crippen LogP contribution in [0.2, 0.25) is 0 Å². The van der Waals surface area contributed by atoms with Crippen LogP contribution in [0, 0.1) is 5.92 Å². The van der Waals surface area contributed by atoms with Crippen LogP contribution in [0.5, 0.6) is 0 Å². The van der Waals surface area contributed by atoms with Crippen LogP contribution in [-0.2, 0) is 12.0 Å². The number of benzene rings is 1. The Morgan fingerprint density at radius 1 is 0.900 bits per heavy atom. The SMILES string of the molecule is CC(C)CN(Cc1ccc(C(C)(C)C)cc1)C(C)(C)C. The molecule has 0 amide bonds. The average molecular weight is 275 g/mol. The smallest absolute Gasteiger partial charge is 0.0239 e. The maximum atomic E-state index is 2.57. The van der Waals surface area contributed by atoms with E-state index in [4.69, 9.17) is 0 Å². The Balaban J connectivity index is 2.84. The molecule has 0 bridgehead atoms. The highest BCUT2D eigenvalue weighted by Crippen LogP contribution is 2.24. The molecule has 0 aliphatic heterocycles. The van der Waals surface area contributed by atoms with E-state index in [-0.39, 0.29) is 11.0 Å². The van der Waals surface area contributed by atoms with Gasteiger partial charge in [-0.1, -0.05) is 58.9 Å². The fraction of sp³-hybridized carbons (Fsp3) is 0.684. The van der Waals surface area contributed by atoms with Crippen molar-refractivity contribution < 1.29 is 0 Å². The number of rotatable bonds is 4. The Labute approximate surface area is 126 Å². The summed E-state index contributed by atoms with van der Waals surface area (Å²) in [6.45, 7) is 20.5. The highest BCUT2D eigenvalue weighted by Gasteiger charge is 2.22. The van der Waals surface area contributed by atoms with Crippen LogP contribution in [0.3, 0.4) is 0 Å². The van der Waals surface area contributed by atoms with E-state index in [1.54, 1.807) is 0 Å². The van der Waals surface area contributed by atoms with E-state index >= 15 is 0 Å². The molecule has 0 saturated carbocycles. The van der Waals surface area contributed by atoms with Crippen LogP contribution in [0.15, 0.2) is 24.3 Å². The monoisotopic (exact) mass is 275 g/mol. The predicted octanol–water partition coefficient (Wildman–Crippen LogP) is 5.24. The summed E-state index contributed by atoms with van der Waals surface area (Å²) in [6, 6.07) is 9.15. The molecular formula is C19H33N. The van der Waals surface area contributed by atoms with Gasteiger partial charge < -0.3 is 0 Å². The maximum absolute atomic E-state index is 2.57. The van der Waals surface area contributed by atoms with Crippen LogP contribution in [0.25, 0.3) is 0 Å². The van der Waals surface area contributed by atoms with Gasteiger partial charge in [-0.3, -0.25) is 4.90 Å². The van der Waals surface area contributed by atoms with Crippen LogP contribution < -0.4 is 0 Å². The number of nitrogens with zero attached hydrogens (tertiary/aromatic N) is 1. The molecule has 20 heavy (non-hydrogen) atoms. The summed E-state index contributed by atoms with van der Waals surface area (Å²) in [4.78, 5) is 2.57. The molecule has 0 unspecified atom stereocenters. The minimum Gasteiger partial charge on any atom is -0.294 e. The van der Waals surface area contributed by atoms with Crippen molar-refractivity contribution in [3.63, 3.8) is 0 Å². The summed E-state index contributed by atoms with van der Waals surface area (Å²) in [7, 11) is 0. The third kappa shape index (κ3) is 5.28. The Morgan fingerprint density at radius 3 is 1.75 bits per heavy atom. The van der Waals surface area contributed by atoms with Crippen molar-refractivity contribution in [3.05, 3.63) is 35.4 Å². The maximum Gasteiger partial charge on any atom is 0.0239 e. The van der Waals surface area contributed by atoms with E-state index in [9.17, 15) is 0 Å². The molecule has 1 aromatic rings. The van der Waals surface area contributed by atoms with E-state index in [1.165, 1.54) is 11.1 Å². The topological polar surface area (TPSA) is 3.24 Å². The highest BCUT2D eigenvalue weighted by atomic mass is 15.2. The van der Waals surface area contributed by atoms with Gasteiger partial charge in [-0.2, -0.15) is 0 Å². The zero-order chi connectivity index (χ0) is 15.6. The predicted molar refractivity (Wildman–Crippen MR) is 90.1 cm³/mol. The third-order valence-electron chi connectivity index (χ3n) is 3.73. The molecule has 0 radical (unpaired) electrons. The van der Waals surface area contributed by atoms with Gasteiger partial charge in [0.05, 0.1) is 0 Å². The molecule has 0 aliphatic carbocycles. The summed E-state index contributed by atoms with van der Waals surface area (Å²) >= 11 is 0. The normalized spacial score (nSPS) is 13.3. The van der Waals surface area contributed by atoms with Gasteiger partial charge in [-0.25, -0.2) is 0 Å². The van der Waals surface area contributed by atoms with Crippen molar-refractivity contribution in [3.8, 4) is 0 Å². The molecule has 0 aliphatic rings. The first-order chi connectivity index (χ1) is 9.00. The van der Waals surface area contributed by atoms with E-state index in [1.807, 2.05) is 0 Å². The van der Waals surface area contributed by atoms with Crippen molar-refractivity contribution in [1.82, 2.24) is 4.90 Å². The Hall–Kier alpha value is -0.820. The Morgan fingerprint density at radius 2 is 1.40 bits per heavy atom. The lowest BCUT2D eigenvalue weighted by atomic mass is 9.86. The van der Waals surface area contributed by atoms with Gasteiger partial charge in [0.1, 0.15) is 0 Å². The van der Waals surface area contributed by atoms with Crippen molar-refractivity contribution in [1.29, 1.82) is 0 Å². The summed E-state index contributed by atoms with van der Waals surface area (Å²) < 4.78 is 0. The lowest BCUT2D eigenvalue weighted by Crippen LogP contribution is -2.42. The molecule has 114 valence electrons. The quantitative estimate of drug-likeness (QED) is 0.726. The molecule has 1 aromatic carbocycles. The molecule has 0 atom stereocenters. The number of hydrogen-bond donors (Lipinski definition) is 0. The molecule has 0 fully saturated rings. The lowest BCUT2D eigenvalue weighted by molar-refractivity contribution is 0.111. The zero-order valence-corrected chi connectivity index (χ0v) is 14.7. The van der Waals surface area contributed by atoms with Crippen molar-refractivity contribution >= 4 is 0 Å². The first kappa shape index (κ1) is 17.2. The standard InChI is InChI=1S/C19H33N/c1-15(2)13-20(19(6,7)8)14-16-9-11-17(12-10-16)18(3,4)5/h9-12,15H,13-14H2,1-8H3. The van der Waals surface area contributed by atoms with Crippen molar-refractivity contribution in [2.75, 3.05) is 6.54 Å². The van der Waals surface area contributed by atoms with Gasteiger partial charge in [-0.15, -0.1) is 0 Å². The second-order valence-electron chi connectivity index (χ2n) is 8.39. The molecule has 1 nitrogen and oxygen atoms in total. The molecule has 0 aromatic heterocycles. The summed E-state index contributed by atoms with van der Waals surface area (Å²) in [5.41, 5.74) is 3.27. The first-order valence-corrected chi connectivity index (χ1v) is 7.84. The molecule has 0 saturated heterocycles. The second-order valence-corrected chi connectivity index (χ2v) is 8.39. The van der Waals surface area contributed by atoms with Crippen LogP contribution in [0.4, 0.5) is 0 Å². The van der Waals surface area contributed by atoms with E-state index in [2.05, 4.69) is 84.6 Å². The minimum absolute atomic E-state index is 0.215. The minimum atomic E-state index is 0.215. The number of hydrogen-bond acceptors (Lipinski definition) is 1. The molecule has 0 spiro atoms. The van der Waals surface area contributed by atoms with Crippen LogP contribution in [0.1, 0.15) is 66.5 Å². The molecule has 0 N–H and O–H groups in total. The summed E-state index contributed by atoms with van der Waals surface area (Å²) in [6.07, 6.45) is 0. The van der Waals surface area contributed by atoms with Gasteiger partial charge in [0, 0.05) is 18.6 Å². The van der Waals surface area contributed by atoms with E-state index in [0.717, 1.165) is 13.1 Å². The first-order valence-electron chi connectivity index (χ1n) is 7.84. The Bertz CT molecular complexity index is 401. The van der Waals surface area contributed by atoms with Crippen LogP contribution in [-0.4, -0.2) is 17.0 Å². The lowest BCUT2D eigenvalue weighted by Gasteiger charge is -2.37.